The Morgan fingerprint density at radius 3 is 1.68 bits per heavy atom. The molecule has 0 atom stereocenters. The van der Waals surface area contributed by atoms with Crippen molar-refractivity contribution in [3.8, 4) is 22.5 Å². The van der Waals surface area contributed by atoms with Crippen LogP contribution in [-0.2, 0) is 16.2 Å². The van der Waals surface area contributed by atoms with Crippen molar-refractivity contribution in [1.29, 1.82) is 0 Å². The van der Waals surface area contributed by atoms with E-state index in [0.717, 1.165) is 0 Å². The molecular formula is C48H44N2. The van der Waals surface area contributed by atoms with Gasteiger partial charge in [0, 0.05) is 38.3 Å². The second kappa shape index (κ2) is 9.37. The van der Waals surface area contributed by atoms with Crippen LogP contribution in [0.3, 0.4) is 0 Å². The van der Waals surface area contributed by atoms with Crippen LogP contribution in [0.2, 0.25) is 0 Å². The van der Waals surface area contributed by atoms with Gasteiger partial charge in [-0.1, -0.05) is 122 Å². The zero-order valence-corrected chi connectivity index (χ0v) is 30.4. The lowest BCUT2D eigenvalue weighted by Crippen LogP contribution is -2.42. The molecule has 50 heavy (non-hydrogen) atoms. The first-order chi connectivity index (χ1) is 23.8. The Hall–Kier alpha value is -5.08. The number of hydrogen-bond donors (Lipinski definition) is 0. The molecule has 2 aliphatic carbocycles. The Kier molecular flexibility index (Phi) is 5.59. The summed E-state index contributed by atoms with van der Waals surface area (Å²) in [6.45, 7) is 19.5. The Bertz CT molecular complexity index is 2740. The zero-order chi connectivity index (χ0) is 34.5. The smallest absolute Gasteiger partial charge is 0.0561 e. The van der Waals surface area contributed by atoms with Crippen LogP contribution in [0.5, 0.6) is 0 Å². The molecule has 0 unspecified atom stereocenters. The van der Waals surface area contributed by atoms with Gasteiger partial charge in [-0.25, -0.2) is 0 Å². The van der Waals surface area contributed by atoms with Gasteiger partial charge in [0.25, 0.3) is 0 Å². The van der Waals surface area contributed by atoms with Crippen molar-refractivity contribution in [2.45, 2.75) is 71.6 Å². The fraction of sp³-hybridized carbons (Fsp3) is 0.250. The maximum absolute atomic E-state index is 2.57. The fourth-order valence-corrected chi connectivity index (χ4v) is 9.98. The summed E-state index contributed by atoms with van der Waals surface area (Å²) in [6.07, 6.45) is 0. The van der Waals surface area contributed by atoms with Gasteiger partial charge in [-0.05, 0) is 104 Å². The molecule has 0 saturated heterocycles. The largest absolute Gasteiger partial charge is 0.309 e. The molecule has 0 radical (unpaired) electrons. The third-order valence-corrected chi connectivity index (χ3v) is 14.0. The molecule has 0 aliphatic heterocycles. The van der Waals surface area contributed by atoms with Crippen LogP contribution >= 0.6 is 0 Å². The lowest BCUT2D eigenvalue weighted by molar-refractivity contribution is 0.125. The Labute approximate surface area is 295 Å². The molecular weight excluding hydrogens is 605 g/mol. The van der Waals surface area contributed by atoms with Gasteiger partial charge >= 0.3 is 0 Å². The summed E-state index contributed by atoms with van der Waals surface area (Å²) in [6, 6.07) is 45.9. The molecule has 0 saturated carbocycles. The van der Waals surface area contributed by atoms with Gasteiger partial charge in [0.1, 0.15) is 0 Å². The molecule has 10 rings (SSSR count). The molecule has 2 heterocycles. The van der Waals surface area contributed by atoms with Crippen LogP contribution in [-0.4, -0.2) is 9.13 Å². The summed E-state index contributed by atoms with van der Waals surface area (Å²) < 4.78 is 5.01. The summed E-state index contributed by atoms with van der Waals surface area (Å²) in [4.78, 5) is 0. The first-order valence-electron chi connectivity index (χ1n) is 18.2. The van der Waals surface area contributed by atoms with E-state index in [9.17, 15) is 0 Å². The quantitative estimate of drug-likeness (QED) is 0.177. The van der Waals surface area contributed by atoms with Gasteiger partial charge in [-0.2, -0.15) is 0 Å². The lowest BCUT2D eigenvalue weighted by Gasteiger charge is -2.44. The second-order valence-corrected chi connectivity index (χ2v) is 17.1. The average Bonchev–Trinajstić information content (AvgIpc) is 3.71. The van der Waals surface area contributed by atoms with Crippen LogP contribution in [0.25, 0.3) is 66.1 Å². The molecule has 8 aromatic rings. The van der Waals surface area contributed by atoms with Crippen molar-refractivity contribution in [2.75, 3.05) is 0 Å². The van der Waals surface area contributed by atoms with Crippen molar-refractivity contribution in [2.24, 2.45) is 5.41 Å². The summed E-state index contributed by atoms with van der Waals surface area (Å²) in [5.41, 5.74) is 16.0. The lowest BCUT2D eigenvalue weighted by atomic mass is 9.59. The topological polar surface area (TPSA) is 9.86 Å². The number of rotatable bonds is 2. The summed E-state index contributed by atoms with van der Waals surface area (Å²) >= 11 is 0. The van der Waals surface area contributed by atoms with Gasteiger partial charge in [0.2, 0.25) is 0 Å². The Morgan fingerprint density at radius 1 is 0.360 bits per heavy atom. The fourth-order valence-electron chi connectivity index (χ4n) is 9.98. The van der Waals surface area contributed by atoms with E-state index >= 15 is 0 Å². The first kappa shape index (κ1) is 29.8. The summed E-state index contributed by atoms with van der Waals surface area (Å²) in [5.74, 6) is 0. The number of hydrogen-bond acceptors (Lipinski definition) is 0. The van der Waals surface area contributed by atoms with Crippen molar-refractivity contribution in [1.82, 2.24) is 9.13 Å². The maximum atomic E-state index is 2.57. The van der Waals surface area contributed by atoms with E-state index in [-0.39, 0.29) is 21.7 Å². The molecule has 2 aliphatic rings. The van der Waals surface area contributed by atoms with E-state index < -0.39 is 0 Å². The van der Waals surface area contributed by atoms with E-state index in [1.807, 2.05) is 0 Å². The van der Waals surface area contributed by atoms with Crippen LogP contribution in [0.15, 0.2) is 121 Å². The third-order valence-electron chi connectivity index (χ3n) is 14.0. The molecule has 246 valence electrons. The highest BCUT2D eigenvalue weighted by Gasteiger charge is 2.57. The number of benzene rings is 6. The Balaban J connectivity index is 1.35. The van der Waals surface area contributed by atoms with Gasteiger partial charge in [0.15, 0.2) is 0 Å². The molecule has 0 bridgehead atoms. The summed E-state index contributed by atoms with van der Waals surface area (Å²) in [7, 11) is 0. The molecule has 2 nitrogen and oxygen atoms in total. The van der Waals surface area contributed by atoms with Crippen LogP contribution in [0.1, 0.15) is 77.6 Å². The molecule has 0 amide bonds. The van der Waals surface area contributed by atoms with E-state index in [0.29, 0.717) is 0 Å². The normalized spacial score (nSPS) is 17.8. The molecule has 0 N–H and O–H groups in total. The van der Waals surface area contributed by atoms with Gasteiger partial charge in [-0.15, -0.1) is 0 Å². The molecule has 2 aromatic heterocycles. The highest BCUT2D eigenvalue weighted by Crippen LogP contribution is 2.62. The van der Waals surface area contributed by atoms with Crippen molar-refractivity contribution in [3.63, 3.8) is 0 Å². The number of nitrogens with zero attached hydrogens (tertiary/aromatic N) is 2. The van der Waals surface area contributed by atoms with E-state index in [2.05, 4.69) is 186 Å². The van der Waals surface area contributed by atoms with Crippen molar-refractivity contribution >= 4 is 43.6 Å². The Morgan fingerprint density at radius 2 is 0.920 bits per heavy atom. The average molecular weight is 649 g/mol. The molecule has 2 heteroatoms. The van der Waals surface area contributed by atoms with E-state index in [1.54, 1.807) is 0 Å². The highest BCUT2D eigenvalue weighted by molar-refractivity contribution is 6.14. The van der Waals surface area contributed by atoms with E-state index in [4.69, 9.17) is 0 Å². The number of aromatic nitrogens is 2. The van der Waals surface area contributed by atoms with Crippen molar-refractivity contribution < 1.29 is 0 Å². The van der Waals surface area contributed by atoms with Gasteiger partial charge in [0.05, 0.1) is 22.1 Å². The van der Waals surface area contributed by atoms with Crippen LogP contribution in [0.4, 0.5) is 0 Å². The second-order valence-electron chi connectivity index (χ2n) is 17.1. The highest BCUT2D eigenvalue weighted by atomic mass is 15.0. The maximum Gasteiger partial charge on any atom is 0.0561 e. The van der Waals surface area contributed by atoms with Crippen molar-refractivity contribution in [3.05, 3.63) is 144 Å². The molecule has 6 aromatic carbocycles. The third kappa shape index (κ3) is 3.45. The SMILES string of the molecule is CC1(C)c2ccccc2-c2cc3c4cc5c(cc4n(-c4ccc6c7ccccc7n(-c7ccccc7)c6c4)c3cc21)C(C)(C)C(C)(C)C5(C)C. The minimum atomic E-state index is -0.0825. The minimum Gasteiger partial charge on any atom is -0.309 e. The van der Waals surface area contributed by atoms with Gasteiger partial charge in [-0.3, -0.25) is 0 Å². The van der Waals surface area contributed by atoms with E-state index in [1.165, 1.54) is 88.4 Å². The van der Waals surface area contributed by atoms with Crippen LogP contribution in [0, 0.1) is 5.41 Å². The monoisotopic (exact) mass is 648 g/mol. The predicted octanol–water partition coefficient (Wildman–Crippen LogP) is 12.8. The molecule has 0 spiro atoms. The number of para-hydroxylation sites is 2. The number of fused-ring (bicyclic) bond motifs is 10. The van der Waals surface area contributed by atoms with Gasteiger partial charge < -0.3 is 9.13 Å². The summed E-state index contributed by atoms with van der Waals surface area (Å²) in [5, 5.41) is 5.23. The zero-order valence-electron chi connectivity index (χ0n) is 30.4. The van der Waals surface area contributed by atoms with Crippen LogP contribution < -0.4 is 0 Å². The minimum absolute atomic E-state index is 0.00762. The molecule has 0 fully saturated rings. The standard InChI is InChI=1S/C48H44N2/c1-45(2)37-20-14-12-18-31(37)34-25-35-36-26-39-40(47(5,6)48(7,8)46(39,3)4)28-44(36)50(43(35)27-38(34)45)30-22-23-33-32-19-13-15-21-41(32)49(42(33)24-30)29-16-10-9-11-17-29/h9-28H,1-8H3. The predicted molar refractivity (Wildman–Crippen MR) is 213 cm³/mol. The first-order valence-corrected chi connectivity index (χ1v) is 18.2.